The second-order valence-corrected chi connectivity index (χ2v) is 6.34. The van der Waals surface area contributed by atoms with Gasteiger partial charge in [-0.3, -0.25) is 4.79 Å². The number of hydrogen-bond acceptors (Lipinski definition) is 5. The first-order valence-electron chi connectivity index (χ1n) is 5.82. The molecule has 0 aromatic carbocycles. The molecular weight excluding hydrogens is 306 g/mol. The Hall–Kier alpha value is -1.09. The van der Waals surface area contributed by atoms with Crippen LogP contribution in [0.15, 0.2) is 15.4 Å². The number of furan rings is 1. The highest BCUT2D eigenvalue weighted by atomic mass is 35.5. The molecule has 1 amide bonds. The minimum absolute atomic E-state index is 0. The van der Waals surface area contributed by atoms with E-state index in [9.17, 15) is 13.2 Å². The van der Waals surface area contributed by atoms with E-state index < -0.39 is 15.9 Å². The van der Waals surface area contributed by atoms with Gasteiger partial charge in [-0.2, -0.15) is 0 Å². The zero-order valence-electron chi connectivity index (χ0n) is 11.7. The van der Waals surface area contributed by atoms with Crippen molar-refractivity contribution in [1.82, 2.24) is 9.62 Å². The lowest BCUT2D eigenvalue weighted by Gasteiger charge is -2.09. The zero-order valence-corrected chi connectivity index (χ0v) is 13.3. The van der Waals surface area contributed by atoms with Gasteiger partial charge >= 0.3 is 0 Å². The van der Waals surface area contributed by atoms with Gasteiger partial charge in [-0.1, -0.05) is 0 Å². The van der Waals surface area contributed by atoms with Crippen molar-refractivity contribution in [2.24, 2.45) is 5.73 Å². The predicted molar refractivity (Wildman–Crippen MR) is 77.6 cm³/mol. The lowest BCUT2D eigenvalue weighted by atomic mass is 10.4. The molecule has 1 aromatic heterocycles. The van der Waals surface area contributed by atoms with Crippen LogP contribution in [0.3, 0.4) is 0 Å². The van der Waals surface area contributed by atoms with Crippen LogP contribution in [0.1, 0.15) is 22.7 Å². The van der Waals surface area contributed by atoms with E-state index in [1.807, 2.05) is 0 Å². The van der Waals surface area contributed by atoms with Gasteiger partial charge in [-0.15, -0.1) is 12.4 Å². The van der Waals surface area contributed by atoms with E-state index >= 15 is 0 Å². The third kappa shape index (κ3) is 4.20. The van der Waals surface area contributed by atoms with E-state index in [-0.39, 0.29) is 28.8 Å². The lowest BCUT2D eigenvalue weighted by molar-refractivity contribution is 0.0924. The number of nitrogens with zero attached hydrogens (tertiary/aromatic N) is 1. The van der Waals surface area contributed by atoms with Gasteiger partial charge in [0.15, 0.2) is 5.76 Å². The summed E-state index contributed by atoms with van der Waals surface area (Å²) in [6.45, 7) is 2.40. The molecule has 0 atom stereocenters. The Bertz CT molecular complexity index is 554. The Morgan fingerprint density at radius 1 is 1.45 bits per heavy atom. The van der Waals surface area contributed by atoms with Crippen LogP contribution in [0.4, 0.5) is 0 Å². The molecule has 0 saturated heterocycles. The maximum absolute atomic E-state index is 12.0. The monoisotopic (exact) mass is 325 g/mol. The van der Waals surface area contributed by atoms with Crippen molar-refractivity contribution in [2.45, 2.75) is 18.2 Å². The number of nitrogens with two attached hydrogens (primary N) is 1. The number of carbonyl (C=O) groups is 1. The van der Waals surface area contributed by atoms with Crippen molar-refractivity contribution in [3.63, 3.8) is 0 Å². The summed E-state index contributed by atoms with van der Waals surface area (Å²) in [6.07, 6.45) is 0.647. The van der Waals surface area contributed by atoms with Crippen LogP contribution in [0.2, 0.25) is 0 Å². The molecule has 9 heteroatoms. The summed E-state index contributed by atoms with van der Waals surface area (Å²) in [5.74, 6) is -0.274. The van der Waals surface area contributed by atoms with Gasteiger partial charge in [0.2, 0.25) is 10.0 Å². The van der Waals surface area contributed by atoms with Crippen molar-refractivity contribution in [3.05, 3.63) is 17.6 Å². The van der Waals surface area contributed by atoms with Gasteiger partial charge < -0.3 is 15.5 Å². The molecule has 0 fully saturated rings. The number of hydrogen-bond donors (Lipinski definition) is 2. The Labute approximate surface area is 125 Å². The molecule has 0 radical (unpaired) electrons. The molecule has 20 heavy (non-hydrogen) atoms. The normalized spacial score (nSPS) is 11.2. The number of carbonyl (C=O) groups excluding carboxylic acids is 1. The molecule has 3 N–H and O–H groups in total. The number of aryl methyl sites for hydroxylation is 1. The highest BCUT2D eigenvalue weighted by Gasteiger charge is 2.25. The minimum Gasteiger partial charge on any atom is -0.455 e. The molecule has 0 aliphatic carbocycles. The van der Waals surface area contributed by atoms with Crippen LogP contribution >= 0.6 is 12.4 Å². The Kier molecular flexibility index (Phi) is 7.21. The number of sulfonamides is 1. The SMILES string of the molecule is Cc1oc(C(=O)NCCCN)cc1S(=O)(=O)N(C)C.Cl. The third-order valence-corrected chi connectivity index (χ3v) is 4.44. The van der Waals surface area contributed by atoms with Crippen LogP contribution in [0.25, 0.3) is 0 Å². The molecule has 0 saturated carbocycles. The molecule has 7 nitrogen and oxygen atoms in total. The van der Waals surface area contributed by atoms with Crippen LogP contribution in [0, 0.1) is 6.92 Å². The quantitative estimate of drug-likeness (QED) is 0.734. The van der Waals surface area contributed by atoms with Crippen molar-refractivity contribution in [1.29, 1.82) is 0 Å². The largest absolute Gasteiger partial charge is 0.455 e. The Balaban J connectivity index is 0.00000361. The summed E-state index contributed by atoms with van der Waals surface area (Å²) in [5, 5.41) is 2.60. The molecule has 0 unspecified atom stereocenters. The summed E-state index contributed by atoms with van der Waals surface area (Å²) >= 11 is 0. The highest BCUT2D eigenvalue weighted by Crippen LogP contribution is 2.22. The third-order valence-electron chi connectivity index (χ3n) is 2.52. The minimum atomic E-state index is -3.61. The first-order chi connectivity index (χ1) is 8.80. The fraction of sp³-hybridized carbons (Fsp3) is 0.545. The summed E-state index contributed by atoms with van der Waals surface area (Å²) in [5.41, 5.74) is 5.31. The van der Waals surface area contributed by atoms with E-state index in [1.165, 1.54) is 27.1 Å². The Morgan fingerprint density at radius 2 is 2.05 bits per heavy atom. The zero-order chi connectivity index (χ0) is 14.6. The van der Waals surface area contributed by atoms with Crippen molar-refractivity contribution >= 4 is 28.3 Å². The summed E-state index contributed by atoms with van der Waals surface area (Å²) in [6, 6.07) is 1.24. The van der Waals surface area contributed by atoms with E-state index in [1.54, 1.807) is 0 Å². The first kappa shape index (κ1) is 18.9. The van der Waals surface area contributed by atoms with Crippen LogP contribution in [-0.2, 0) is 10.0 Å². The van der Waals surface area contributed by atoms with Crippen molar-refractivity contribution in [3.8, 4) is 0 Å². The molecule has 116 valence electrons. The van der Waals surface area contributed by atoms with Gasteiger partial charge in [0.25, 0.3) is 5.91 Å². The van der Waals surface area contributed by atoms with E-state index in [0.29, 0.717) is 19.5 Å². The molecular formula is C11H20ClN3O4S. The van der Waals surface area contributed by atoms with Gasteiger partial charge in [-0.05, 0) is 19.9 Å². The number of rotatable bonds is 6. The second-order valence-electron chi connectivity index (χ2n) is 4.22. The fourth-order valence-electron chi connectivity index (χ4n) is 1.42. The summed E-state index contributed by atoms with van der Waals surface area (Å²) in [7, 11) is -0.767. The smallest absolute Gasteiger partial charge is 0.287 e. The lowest BCUT2D eigenvalue weighted by Crippen LogP contribution is -2.25. The van der Waals surface area contributed by atoms with Gasteiger partial charge in [-0.25, -0.2) is 12.7 Å². The maximum atomic E-state index is 12.0. The Morgan fingerprint density at radius 3 is 2.55 bits per heavy atom. The van der Waals surface area contributed by atoms with Gasteiger partial charge in [0, 0.05) is 26.7 Å². The van der Waals surface area contributed by atoms with E-state index in [2.05, 4.69) is 5.32 Å². The van der Waals surface area contributed by atoms with Crippen LogP contribution < -0.4 is 11.1 Å². The topological polar surface area (TPSA) is 106 Å². The van der Waals surface area contributed by atoms with Gasteiger partial charge in [0.05, 0.1) is 0 Å². The highest BCUT2D eigenvalue weighted by molar-refractivity contribution is 7.89. The molecule has 1 aromatic rings. The fourth-order valence-corrected chi connectivity index (χ4v) is 2.48. The van der Waals surface area contributed by atoms with Crippen LogP contribution in [0.5, 0.6) is 0 Å². The van der Waals surface area contributed by atoms with Gasteiger partial charge in [0.1, 0.15) is 10.7 Å². The van der Waals surface area contributed by atoms with E-state index in [4.69, 9.17) is 10.2 Å². The average Bonchev–Trinajstić information content (AvgIpc) is 2.72. The standard InChI is InChI=1S/C11H19N3O4S.ClH/c1-8-10(19(16,17)14(2)3)7-9(18-8)11(15)13-6-4-5-12;/h7H,4-6,12H2,1-3H3,(H,13,15);1H. The number of amides is 1. The molecule has 0 aliphatic rings. The first-order valence-corrected chi connectivity index (χ1v) is 7.26. The molecule has 0 aliphatic heterocycles. The second kappa shape index (κ2) is 7.63. The molecule has 0 spiro atoms. The average molecular weight is 326 g/mol. The number of halogens is 1. The maximum Gasteiger partial charge on any atom is 0.287 e. The molecule has 1 heterocycles. The molecule has 1 rings (SSSR count). The van der Waals surface area contributed by atoms with Crippen molar-refractivity contribution < 1.29 is 17.6 Å². The summed E-state index contributed by atoms with van der Waals surface area (Å²) < 4.78 is 30.2. The summed E-state index contributed by atoms with van der Waals surface area (Å²) in [4.78, 5) is 11.7. The van der Waals surface area contributed by atoms with Crippen LogP contribution in [-0.4, -0.2) is 45.8 Å². The number of nitrogens with one attached hydrogen (secondary N) is 1. The van der Waals surface area contributed by atoms with Crippen molar-refractivity contribution in [2.75, 3.05) is 27.2 Å². The molecule has 0 bridgehead atoms. The van der Waals surface area contributed by atoms with E-state index in [0.717, 1.165) is 4.31 Å². The predicted octanol–water partition coefficient (Wildman–Crippen LogP) is 0.339.